The van der Waals surface area contributed by atoms with Crippen molar-refractivity contribution in [2.45, 2.75) is 25.3 Å². The molecular weight excluding hydrogens is 264 g/mol. The Hall–Kier alpha value is -1.39. The van der Waals surface area contributed by atoms with Crippen LogP contribution in [-0.4, -0.2) is 44.7 Å². The quantitative estimate of drug-likeness (QED) is 0.842. The summed E-state index contributed by atoms with van der Waals surface area (Å²) in [5.41, 5.74) is 0.161. The van der Waals surface area contributed by atoms with Gasteiger partial charge in [-0.05, 0) is 44.5 Å². The van der Waals surface area contributed by atoms with Crippen LogP contribution in [0.1, 0.15) is 25.3 Å². The molecule has 1 aliphatic heterocycles. The summed E-state index contributed by atoms with van der Waals surface area (Å²) < 4.78 is 5.10. The van der Waals surface area contributed by atoms with Crippen LogP contribution in [0.25, 0.3) is 0 Å². The number of piperidine rings is 1. The van der Waals surface area contributed by atoms with Crippen molar-refractivity contribution in [1.82, 2.24) is 10.2 Å². The summed E-state index contributed by atoms with van der Waals surface area (Å²) in [6.07, 6.45) is 2.38. The van der Waals surface area contributed by atoms with Crippen molar-refractivity contribution in [2.75, 3.05) is 33.8 Å². The number of hydrogen-bond acceptors (Lipinski definition) is 4. The van der Waals surface area contributed by atoms with E-state index in [1.807, 2.05) is 37.4 Å². The molecule has 1 saturated heterocycles. The second kappa shape index (κ2) is 7.05. The molecule has 1 heterocycles. The van der Waals surface area contributed by atoms with Gasteiger partial charge in [0.25, 0.3) is 0 Å². The number of ether oxygens (including phenoxy) is 1. The molecule has 0 aromatic heterocycles. The van der Waals surface area contributed by atoms with E-state index in [-0.39, 0.29) is 5.97 Å². The fourth-order valence-corrected chi connectivity index (χ4v) is 3.05. The number of nitrogens with zero attached hydrogens (tertiary/aromatic N) is 1. The van der Waals surface area contributed by atoms with E-state index in [4.69, 9.17) is 4.74 Å². The van der Waals surface area contributed by atoms with Gasteiger partial charge in [0.1, 0.15) is 0 Å². The van der Waals surface area contributed by atoms with E-state index in [0.717, 1.165) is 24.6 Å². The van der Waals surface area contributed by atoms with Gasteiger partial charge in [-0.1, -0.05) is 37.3 Å². The Morgan fingerprint density at radius 1 is 1.33 bits per heavy atom. The maximum absolute atomic E-state index is 12.5. The fraction of sp³-hybridized carbons (Fsp3) is 0.588. The SMILES string of the molecule is CNC(CN1CCC(C)CC1)(C(=O)OC)c1ccccc1. The van der Waals surface area contributed by atoms with E-state index in [1.165, 1.54) is 20.0 Å². The molecule has 116 valence electrons. The highest BCUT2D eigenvalue weighted by molar-refractivity contribution is 5.83. The van der Waals surface area contributed by atoms with Crippen molar-refractivity contribution in [3.8, 4) is 0 Å². The van der Waals surface area contributed by atoms with Crippen molar-refractivity contribution < 1.29 is 9.53 Å². The van der Waals surface area contributed by atoms with E-state index in [9.17, 15) is 4.79 Å². The van der Waals surface area contributed by atoms with Gasteiger partial charge in [-0.2, -0.15) is 0 Å². The van der Waals surface area contributed by atoms with Gasteiger partial charge >= 0.3 is 5.97 Å². The molecule has 1 N–H and O–H groups in total. The largest absolute Gasteiger partial charge is 0.467 e. The molecule has 1 aliphatic rings. The summed E-state index contributed by atoms with van der Waals surface area (Å²) in [4.78, 5) is 14.9. The fourth-order valence-electron chi connectivity index (χ4n) is 3.05. The number of likely N-dealkylation sites (N-methyl/N-ethyl adjacent to an activating group) is 1. The Morgan fingerprint density at radius 3 is 2.48 bits per heavy atom. The monoisotopic (exact) mass is 290 g/mol. The van der Waals surface area contributed by atoms with E-state index < -0.39 is 5.54 Å². The highest BCUT2D eigenvalue weighted by atomic mass is 16.5. The standard InChI is InChI=1S/C17H26N2O2/c1-14-9-11-19(12-10-14)13-17(18-2,16(20)21-3)15-7-5-4-6-8-15/h4-8,14,18H,9-13H2,1-3H3. The predicted octanol–water partition coefficient (Wildman–Crippen LogP) is 2.01. The molecule has 1 aromatic rings. The van der Waals surface area contributed by atoms with Gasteiger partial charge in [-0.3, -0.25) is 0 Å². The molecule has 0 saturated carbocycles. The highest BCUT2D eigenvalue weighted by Gasteiger charge is 2.41. The lowest BCUT2D eigenvalue weighted by Crippen LogP contribution is -2.56. The Balaban J connectivity index is 2.25. The average molecular weight is 290 g/mol. The van der Waals surface area contributed by atoms with Crippen LogP contribution in [0.5, 0.6) is 0 Å². The molecule has 0 spiro atoms. The molecule has 1 unspecified atom stereocenters. The molecule has 1 aromatic carbocycles. The first-order valence-electron chi connectivity index (χ1n) is 7.67. The highest BCUT2D eigenvalue weighted by Crippen LogP contribution is 2.26. The number of methoxy groups -OCH3 is 1. The predicted molar refractivity (Wildman–Crippen MR) is 84.0 cm³/mol. The van der Waals surface area contributed by atoms with E-state index in [1.54, 1.807) is 0 Å². The van der Waals surface area contributed by atoms with Crippen molar-refractivity contribution in [1.29, 1.82) is 0 Å². The summed E-state index contributed by atoms with van der Waals surface area (Å²) in [6, 6.07) is 9.86. The van der Waals surface area contributed by atoms with Crippen LogP contribution in [0.3, 0.4) is 0 Å². The Kier molecular flexibility index (Phi) is 5.37. The van der Waals surface area contributed by atoms with Crippen LogP contribution in [0.15, 0.2) is 30.3 Å². The van der Waals surface area contributed by atoms with Gasteiger partial charge in [0.2, 0.25) is 0 Å². The number of hydrogen-bond donors (Lipinski definition) is 1. The third kappa shape index (κ3) is 3.44. The second-order valence-electron chi connectivity index (χ2n) is 5.97. The van der Waals surface area contributed by atoms with E-state index in [2.05, 4.69) is 17.1 Å². The molecule has 1 atom stereocenters. The minimum atomic E-state index is -0.795. The zero-order valence-electron chi connectivity index (χ0n) is 13.3. The number of carbonyl (C=O) groups excluding carboxylic acids is 1. The molecule has 4 heteroatoms. The van der Waals surface area contributed by atoms with E-state index in [0.29, 0.717) is 6.54 Å². The first-order chi connectivity index (χ1) is 10.1. The number of benzene rings is 1. The number of nitrogens with one attached hydrogen (secondary N) is 1. The minimum absolute atomic E-state index is 0.227. The lowest BCUT2D eigenvalue weighted by molar-refractivity contribution is -0.150. The lowest BCUT2D eigenvalue weighted by Gasteiger charge is -2.39. The van der Waals surface area contributed by atoms with Gasteiger partial charge in [-0.15, -0.1) is 0 Å². The molecule has 0 amide bonds. The minimum Gasteiger partial charge on any atom is -0.467 e. The van der Waals surface area contributed by atoms with E-state index >= 15 is 0 Å². The first kappa shape index (κ1) is 16.0. The van der Waals surface area contributed by atoms with Crippen molar-refractivity contribution >= 4 is 5.97 Å². The maximum atomic E-state index is 12.5. The lowest BCUT2D eigenvalue weighted by atomic mass is 9.88. The summed E-state index contributed by atoms with van der Waals surface area (Å²) in [7, 11) is 3.28. The third-order valence-corrected chi connectivity index (χ3v) is 4.56. The first-order valence-corrected chi connectivity index (χ1v) is 7.67. The zero-order valence-corrected chi connectivity index (χ0v) is 13.3. The molecule has 0 radical (unpaired) electrons. The van der Waals surface area contributed by atoms with Crippen LogP contribution in [0, 0.1) is 5.92 Å². The number of rotatable bonds is 5. The summed E-state index contributed by atoms with van der Waals surface area (Å²) in [5.74, 6) is 0.551. The molecule has 0 bridgehead atoms. The third-order valence-electron chi connectivity index (χ3n) is 4.56. The number of esters is 1. The topological polar surface area (TPSA) is 41.6 Å². The summed E-state index contributed by atoms with van der Waals surface area (Å²) >= 11 is 0. The van der Waals surface area contributed by atoms with Crippen molar-refractivity contribution in [3.05, 3.63) is 35.9 Å². The van der Waals surface area contributed by atoms with Crippen LogP contribution >= 0.6 is 0 Å². The molecule has 4 nitrogen and oxygen atoms in total. The number of carbonyl (C=O) groups is 1. The van der Waals surface area contributed by atoms with Gasteiger partial charge in [-0.25, -0.2) is 4.79 Å². The maximum Gasteiger partial charge on any atom is 0.332 e. The molecule has 2 rings (SSSR count). The molecule has 21 heavy (non-hydrogen) atoms. The van der Waals surface area contributed by atoms with Gasteiger partial charge in [0.15, 0.2) is 5.54 Å². The van der Waals surface area contributed by atoms with Crippen molar-refractivity contribution in [2.24, 2.45) is 5.92 Å². The van der Waals surface area contributed by atoms with Crippen LogP contribution in [-0.2, 0) is 15.1 Å². The normalized spacial score (nSPS) is 20.0. The number of likely N-dealkylation sites (tertiary alicyclic amines) is 1. The average Bonchev–Trinajstić information content (AvgIpc) is 2.54. The molecule has 1 fully saturated rings. The second-order valence-corrected chi connectivity index (χ2v) is 5.97. The Labute approximate surface area is 127 Å². The van der Waals surface area contributed by atoms with Crippen molar-refractivity contribution in [3.63, 3.8) is 0 Å². The van der Waals surface area contributed by atoms with Crippen LogP contribution < -0.4 is 5.32 Å². The molecular formula is C17H26N2O2. The smallest absolute Gasteiger partial charge is 0.332 e. The Morgan fingerprint density at radius 2 is 1.95 bits per heavy atom. The van der Waals surface area contributed by atoms with Crippen LogP contribution in [0.2, 0.25) is 0 Å². The Bertz CT molecular complexity index is 455. The zero-order chi connectivity index (χ0) is 15.3. The van der Waals surface area contributed by atoms with Gasteiger partial charge in [0, 0.05) is 6.54 Å². The molecule has 0 aliphatic carbocycles. The van der Waals surface area contributed by atoms with Crippen LogP contribution in [0.4, 0.5) is 0 Å². The van der Waals surface area contributed by atoms with Gasteiger partial charge < -0.3 is 15.0 Å². The summed E-state index contributed by atoms with van der Waals surface area (Å²) in [6.45, 7) is 5.01. The van der Waals surface area contributed by atoms with Gasteiger partial charge in [0.05, 0.1) is 7.11 Å². The summed E-state index contributed by atoms with van der Waals surface area (Å²) in [5, 5.41) is 3.22.